The zero-order chi connectivity index (χ0) is 13.3. The normalized spacial score (nSPS) is 20.9. The highest BCUT2D eigenvalue weighted by Gasteiger charge is 2.31. The molecule has 0 spiro atoms. The molecule has 1 N–H and O–H groups in total. The Balaban J connectivity index is 0.00000180. The van der Waals surface area contributed by atoms with E-state index in [0.29, 0.717) is 24.1 Å². The van der Waals surface area contributed by atoms with E-state index in [4.69, 9.17) is 11.6 Å². The fourth-order valence-electron chi connectivity index (χ4n) is 1.97. The van der Waals surface area contributed by atoms with Gasteiger partial charge in [0.05, 0.1) is 5.02 Å². The summed E-state index contributed by atoms with van der Waals surface area (Å²) >= 11 is 9.28. The van der Waals surface area contributed by atoms with E-state index in [0.717, 1.165) is 0 Å². The van der Waals surface area contributed by atoms with E-state index in [2.05, 4.69) is 21.2 Å². The molecule has 1 aromatic rings. The number of sulfonamides is 1. The van der Waals surface area contributed by atoms with Gasteiger partial charge in [0.25, 0.3) is 0 Å². The standard InChI is InChI=1S/C11H14BrClN2O2S.ClH/c1-8-7-15(6-5-14-8)18(16,17)11-9(12)3-2-4-10(11)13;/h2-4,8,14H,5-7H2,1H3;1H. The van der Waals surface area contributed by atoms with Crippen LogP contribution in [0.25, 0.3) is 0 Å². The molecular weight excluding hydrogens is 375 g/mol. The van der Waals surface area contributed by atoms with Crippen molar-refractivity contribution in [2.24, 2.45) is 0 Å². The molecule has 8 heteroatoms. The van der Waals surface area contributed by atoms with Gasteiger partial charge >= 0.3 is 0 Å². The third-order valence-corrected chi connectivity index (χ3v) is 6.17. The first-order chi connectivity index (χ1) is 8.43. The van der Waals surface area contributed by atoms with Crippen LogP contribution in [0.2, 0.25) is 5.02 Å². The molecule has 0 aliphatic carbocycles. The van der Waals surface area contributed by atoms with Crippen molar-refractivity contribution in [1.29, 1.82) is 0 Å². The van der Waals surface area contributed by atoms with Crippen LogP contribution in [-0.4, -0.2) is 38.4 Å². The Bertz CT molecular complexity index is 533. The maximum absolute atomic E-state index is 12.6. The average molecular weight is 390 g/mol. The Hall–Kier alpha value is 0.150. The maximum Gasteiger partial charge on any atom is 0.245 e. The Labute approximate surface area is 133 Å². The van der Waals surface area contributed by atoms with Crippen molar-refractivity contribution in [3.8, 4) is 0 Å². The fraction of sp³-hybridized carbons (Fsp3) is 0.455. The molecule has 1 atom stereocenters. The molecule has 1 heterocycles. The third-order valence-electron chi connectivity index (χ3n) is 2.85. The lowest BCUT2D eigenvalue weighted by molar-refractivity contribution is 0.310. The number of nitrogens with zero attached hydrogens (tertiary/aromatic N) is 1. The number of piperazine rings is 1. The Morgan fingerprint density at radius 2 is 2.16 bits per heavy atom. The van der Waals surface area contributed by atoms with E-state index in [-0.39, 0.29) is 28.4 Å². The monoisotopic (exact) mass is 388 g/mol. The Kier molecular flexibility index (Phi) is 6.10. The van der Waals surface area contributed by atoms with Crippen LogP contribution >= 0.6 is 39.9 Å². The minimum absolute atomic E-state index is 0. The van der Waals surface area contributed by atoms with Gasteiger partial charge in [-0.1, -0.05) is 17.7 Å². The van der Waals surface area contributed by atoms with Gasteiger partial charge in [0.15, 0.2) is 0 Å². The largest absolute Gasteiger partial charge is 0.312 e. The number of hydrogen-bond acceptors (Lipinski definition) is 3. The van der Waals surface area contributed by atoms with Gasteiger partial charge in [0, 0.05) is 30.1 Å². The SMILES string of the molecule is CC1CN(S(=O)(=O)c2c(Cl)cccc2Br)CCN1.Cl. The minimum Gasteiger partial charge on any atom is -0.312 e. The van der Waals surface area contributed by atoms with Crippen LogP contribution in [0.15, 0.2) is 27.6 Å². The molecule has 0 bridgehead atoms. The van der Waals surface area contributed by atoms with Crippen LogP contribution in [0.5, 0.6) is 0 Å². The first kappa shape index (κ1) is 17.2. The quantitative estimate of drug-likeness (QED) is 0.845. The summed E-state index contributed by atoms with van der Waals surface area (Å²) in [6.45, 7) is 3.54. The van der Waals surface area contributed by atoms with Crippen molar-refractivity contribution in [3.63, 3.8) is 0 Å². The first-order valence-corrected chi connectivity index (χ1v) is 8.21. The summed E-state index contributed by atoms with van der Waals surface area (Å²) in [6, 6.07) is 5.14. The van der Waals surface area contributed by atoms with E-state index in [1.165, 1.54) is 4.31 Å². The van der Waals surface area contributed by atoms with Gasteiger partial charge in [-0.3, -0.25) is 0 Å². The average Bonchev–Trinajstić information content (AvgIpc) is 2.28. The lowest BCUT2D eigenvalue weighted by Gasteiger charge is -2.31. The van der Waals surface area contributed by atoms with Crippen molar-refractivity contribution in [2.75, 3.05) is 19.6 Å². The molecule has 108 valence electrons. The van der Waals surface area contributed by atoms with Crippen molar-refractivity contribution < 1.29 is 8.42 Å². The number of hydrogen-bond donors (Lipinski definition) is 1. The van der Waals surface area contributed by atoms with Crippen LogP contribution < -0.4 is 5.32 Å². The van der Waals surface area contributed by atoms with Gasteiger partial charge in [-0.15, -0.1) is 12.4 Å². The molecule has 0 radical (unpaired) electrons. The van der Waals surface area contributed by atoms with Crippen LogP contribution in [0.4, 0.5) is 0 Å². The van der Waals surface area contributed by atoms with Gasteiger partial charge in [-0.2, -0.15) is 4.31 Å². The predicted molar refractivity (Wildman–Crippen MR) is 82.6 cm³/mol. The molecule has 1 aliphatic heterocycles. The van der Waals surface area contributed by atoms with Gasteiger partial charge in [-0.05, 0) is 35.0 Å². The molecule has 1 saturated heterocycles. The highest BCUT2D eigenvalue weighted by Crippen LogP contribution is 2.32. The zero-order valence-electron chi connectivity index (χ0n) is 10.3. The molecule has 1 fully saturated rings. The second kappa shape index (κ2) is 6.74. The lowest BCUT2D eigenvalue weighted by atomic mass is 10.3. The summed E-state index contributed by atoms with van der Waals surface area (Å²) in [4.78, 5) is 0.153. The van der Waals surface area contributed by atoms with E-state index in [1.807, 2.05) is 6.92 Å². The molecule has 19 heavy (non-hydrogen) atoms. The molecule has 0 aromatic heterocycles. The van der Waals surface area contributed by atoms with Crippen LogP contribution in [-0.2, 0) is 10.0 Å². The predicted octanol–water partition coefficient (Wildman–Crippen LogP) is 2.51. The van der Waals surface area contributed by atoms with Crippen molar-refractivity contribution >= 4 is 50.0 Å². The minimum atomic E-state index is -3.54. The molecule has 1 aromatic carbocycles. The molecular formula is C11H15BrCl2N2O2S. The molecule has 1 unspecified atom stereocenters. The molecule has 0 amide bonds. The molecule has 0 saturated carbocycles. The summed E-state index contributed by atoms with van der Waals surface area (Å²) in [5.41, 5.74) is 0. The number of benzene rings is 1. The van der Waals surface area contributed by atoms with Crippen molar-refractivity contribution in [3.05, 3.63) is 27.7 Å². The summed E-state index contributed by atoms with van der Waals surface area (Å²) < 4.78 is 27.1. The first-order valence-electron chi connectivity index (χ1n) is 5.60. The molecule has 2 rings (SSSR count). The smallest absolute Gasteiger partial charge is 0.245 e. The molecule has 1 aliphatic rings. The second-order valence-electron chi connectivity index (χ2n) is 4.27. The Morgan fingerprint density at radius 3 is 2.74 bits per heavy atom. The van der Waals surface area contributed by atoms with Crippen molar-refractivity contribution in [2.45, 2.75) is 17.9 Å². The number of halogens is 3. The van der Waals surface area contributed by atoms with Gasteiger partial charge < -0.3 is 5.32 Å². The molecule has 4 nitrogen and oxygen atoms in total. The van der Waals surface area contributed by atoms with Gasteiger partial charge in [-0.25, -0.2) is 8.42 Å². The zero-order valence-corrected chi connectivity index (χ0v) is 14.2. The summed E-state index contributed by atoms with van der Waals surface area (Å²) in [5, 5.41) is 3.46. The highest BCUT2D eigenvalue weighted by atomic mass is 79.9. The maximum atomic E-state index is 12.6. The number of rotatable bonds is 2. The van der Waals surface area contributed by atoms with Gasteiger partial charge in [0.2, 0.25) is 10.0 Å². The van der Waals surface area contributed by atoms with E-state index >= 15 is 0 Å². The number of nitrogens with one attached hydrogen (secondary N) is 1. The summed E-state index contributed by atoms with van der Waals surface area (Å²) in [7, 11) is -3.54. The summed E-state index contributed by atoms with van der Waals surface area (Å²) in [5.74, 6) is 0. The van der Waals surface area contributed by atoms with E-state index in [9.17, 15) is 8.42 Å². The second-order valence-corrected chi connectivity index (χ2v) is 7.41. The highest BCUT2D eigenvalue weighted by molar-refractivity contribution is 9.10. The topological polar surface area (TPSA) is 49.4 Å². The van der Waals surface area contributed by atoms with Crippen LogP contribution in [0, 0.1) is 0 Å². The fourth-order valence-corrected chi connectivity index (χ4v) is 5.17. The van der Waals surface area contributed by atoms with Crippen LogP contribution in [0.3, 0.4) is 0 Å². The van der Waals surface area contributed by atoms with Crippen molar-refractivity contribution in [1.82, 2.24) is 9.62 Å². The summed E-state index contributed by atoms with van der Waals surface area (Å²) in [6.07, 6.45) is 0. The van der Waals surface area contributed by atoms with E-state index in [1.54, 1.807) is 18.2 Å². The van der Waals surface area contributed by atoms with Crippen LogP contribution in [0.1, 0.15) is 6.92 Å². The lowest BCUT2D eigenvalue weighted by Crippen LogP contribution is -2.51. The third kappa shape index (κ3) is 3.62. The van der Waals surface area contributed by atoms with Gasteiger partial charge in [0.1, 0.15) is 4.90 Å². The van der Waals surface area contributed by atoms with E-state index < -0.39 is 10.0 Å². The Morgan fingerprint density at radius 1 is 1.47 bits per heavy atom.